The fourth-order valence-electron chi connectivity index (χ4n) is 2.55. The van der Waals surface area contributed by atoms with E-state index in [-0.39, 0.29) is 29.0 Å². The second kappa shape index (κ2) is 7.02. The maximum atomic E-state index is 12.5. The van der Waals surface area contributed by atoms with Crippen molar-refractivity contribution in [1.29, 1.82) is 0 Å². The molecule has 0 spiro atoms. The van der Waals surface area contributed by atoms with Gasteiger partial charge >= 0.3 is 5.97 Å². The van der Waals surface area contributed by atoms with Crippen LogP contribution in [0.25, 0.3) is 0 Å². The van der Waals surface area contributed by atoms with Gasteiger partial charge in [-0.15, -0.1) is 0 Å². The number of nitro benzene ring substituents is 1. The molecule has 0 N–H and O–H groups in total. The minimum atomic E-state index is -0.533. The van der Waals surface area contributed by atoms with Crippen LogP contribution in [0.1, 0.15) is 30.1 Å². The van der Waals surface area contributed by atoms with Gasteiger partial charge in [0.1, 0.15) is 0 Å². The third-order valence-electron chi connectivity index (χ3n) is 3.63. The summed E-state index contributed by atoms with van der Waals surface area (Å²) in [4.78, 5) is 36.1. The normalized spacial score (nSPS) is 17.9. The number of nitrogens with zero attached hydrogens (tertiary/aromatic N) is 2. The molecule has 1 fully saturated rings. The van der Waals surface area contributed by atoms with E-state index >= 15 is 0 Å². The molecule has 22 heavy (non-hydrogen) atoms. The van der Waals surface area contributed by atoms with Crippen LogP contribution in [-0.2, 0) is 9.53 Å². The van der Waals surface area contributed by atoms with E-state index in [0.717, 1.165) is 0 Å². The van der Waals surface area contributed by atoms with E-state index in [2.05, 4.69) is 0 Å². The Morgan fingerprint density at radius 2 is 2.23 bits per heavy atom. The summed E-state index contributed by atoms with van der Waals surface area (Å²) < 4.78 is 5.00. The van der Waals surface area contributed by atoms with Crippen LogP contribution in [0.2, 0.25) is 0 Å². The molecular formula is C15H18N2O5. The summed E-state index contributed by atoms with van der Waals surface area (Å²) in [5.41, 5.74) is 0.142. The number of benzene rings is 1. The molecule has 0 aromatic heterocycles. The number of esters is 1. The second-order valence-electron chi connectivity index (χ2n) is 5.15. The van der Waals surface area contributed by atoms with Gasteiger partial charge in [0.05, 0.1) is 17.4 Å². The molecule has 0 saturated carbocycles. The van der Waals surface area contributed by atoms with Gasteiger partial charge in [0.2, 0.25) is 0 Å². The van der Waals surface area contributed by atoms with Crippen LogP contribution in [0.15, 0.2) is 24.3 Å². The Balaban J connectivity index is 2.10. The summed E-state index contributed by atoms with van der Waals surface area (Å²) >= 11 is 0. The van der Waals surface area contributed by atoms with E-state index < -0.39 is 4.92 Å². The molecule has 1 amide bonds. The van der Waals surface area contributed by atoms with Crippen molar-refractivity contribution in [3.8, 4) is 0 Å². The van der Waals surface area contributed by atoms with Gasteiger partial charge in [-0.2, -0.15) is 0 Å². The number of hydrogen-bond donors (Lipinski definition) is 0. The monoisotopic (exact) mass is 306 g/mol. The lowest BCUT2D eigenvalue weighted by Crippen LogP contribution is -2.42. The van der Waals surface area contributed by atoms with Crippen molar-refractivity contribution in [2.45, 2.75) is 19.8 Å². The third-order valence-corrected chi connectivity index (χ3v) is 3.63. The topological polar surface area (TPSA) is 89.8 Å². The van der Waals surface area contributed by atoms with Crippen molar-refractivity contribution in [2.75, 3.05) is 19.7 Å². The predicted octanol–water partition coefficient (Wildman–Crippen LogP) is 2.01. The van der Waals surface area contributed by atoms with E-state index in [1.54, 1.807) is 17.9 Å². The first-order valence-corrected chi connectivity index (χ1v) is 7.23. The lowest BCUT2D eigenvalue weighted by atomic mass is 9.97. The van der Waals surface area contributed by atoms with Crippen molar-refractivity contribution in [3.63, 3.8) is 0 Å². The van der Waals surface area contributed by atoms with Gasteiger partial charge in [0.15, 0.2) is 0 Å². The molecule has 0 radical (unpaired) electrons. The largest absolute Gasteiger partial charge is 0.466 e. The molecule has 0 aliphatic carbocycles. The first-order valence-electron chi connectivity index (χ1n) is 7.23. The first-order chi connectivity index (χ1) is 10.5. The van der Waals surface area contributed by atoms with E-state index in [0.29, 0.717) is 32.5 Å². The Kier molecular flexibility index (Phi) is 5.08. The first kappa shape index (κ1) is 15.9. The molecule has 1 aromatic carbocycles. The Labute approximate surface area is 128 Å². The molecule has 7 nitrogen and oxygen atoms in total. The summed E-state index contributed by atoms with van der Waals surface area (Å²) in [7, 11) is 0. The number of carbonyl (C=O) groups excluding carboxylic acids is 2. The highest BCUT2D eigenvalue weighted by molar-refractivity contribution is 5.95. The van der Waals surface area contributed by atoms with Gasteiger partial charge in [-0.05, 0) is 25.8 Å². The van der Waals surface area contributed by atoms with Gasteiger partial charge in [-0.25, -0.2) is 0 Å². The van der Waals surface area contributed by atoms with Crippen molar-refractivity contribution >= 4 is 17.6 Å². The number of piperidine rings is 1. The van der Waals surface area contributed by atoms with Crippen LogP contribution in [0.3, 0.4) is 0 Å². The number of nitro groups is 1. The molecule has 1 atom stereocenters. The second-order valence-corrected chi connectivity index (χ2v) is 5.15. The molecule has 0 unspecified atom stereocenters. The van der Waals surface area contributed by atoms with Crippen LogP contribution in [0.5, 0.6) is 0 Å². The minimum absolute atomic E-state index is 0.121. The smallest absolute Gasteiger partial charge is 0.310 e. The van der Waals surface area contributed by atoms with Crippen LogP contribution in [0.4, 0.5) is 5.69 Å². The van der Waals surface area contributed by atoms with Gasteiger partial charge in [-0.1, -0.05) is 6.07 Å². The van der Waals surface area contributed by atoms with Crippen LogP contribution in [-0.4, -0.2) is 41.4 Å². The molecule has 1 saturated heterocycles. The fraction of sp³-hybridized carbons (Fsp3) is 0.467. The Hall–Kier alpha value is -2.44. The van der Waals surface area contributed by atoms with Gasteiger partial charge < -0.3 is 9.64 Å². The lowest BCUT2D eigenvalue weighted by molar-refractivity contribution is -0.384. The lowest BCUT2D eigenvalue weighted by Gasteiger charge is -2.31. The standard InChI is InChI=1S/C15H18N2O5/c1-2-22-15(19)12-6-4-8-16(10-12)14(18)11-5-3-7-13(9-11)17(20)21/h3,5,7,9,12H,2,4,6,8,10H2,1H3/t12-/m1/s1. The Bertz CT molecular complexity index is 587. The number of rotatable bonds is 4. The Morgan fingerprint density at radius 3 is 2.91 bits per heavy atom. The highest BCUT2D eigenvalue weighted by Crippen LogP contribution is 2.21. The quantitative estimate of drug-likeness (QED) is 0.482. The number of amides is 1. The number of carbonyl (C=O) groups is 2. The van der Waals surface area contributed by atoms with E-state index in [9.17, 15) is 19.7 Å². The summed E-state index contributed by atoms with van der Waals surface area (Å²) in [5.74, 6) is -0.909. The maximum absolute atomic E-state index is 12.5. The zero-order valence-corrected chi connectivity index (χ0v) is 12.4. The van der Waals surface area contributed by atoms with Crippen LogP contribution in [0, 0.1) is 16.0 Å². The number of non-ortho nitro benzene ring substituents is 1. The zero-order chi connectivity index (χ0) is 16.1. The molecular weight excluding hydrogens is 288 g/mol. The van der Waals surface area contributed by atoms with E-state index in [1.165, 1.54) is 18.2 Å². The van der Waals surface area contributed by atoms with Crippen molar-refractivity contribution < 1.29 is 19.2 Å². The molecule has 1 aliphatic heterocycles. The minimum Gasteiger partial charge on any atom is -0.466 e. The molecule has 0 bridgehead atoms. The van der Waals surface area contributed by atoms with Crippen LogP contribution >= 0.6 is 0 Å². The van der Waals surface area contributed by atoms with Gasteiger partial charge in [0.25, 0.3) is 11.6 Å². The summed E-state index contributed by atoms with van der Waals surface area (Å²) in [6.45, 7) is 2.89. The van der Waals surface area contributed by atoms with Crippen LogP contribution < -0.4 is 0 Å². The maximum Gasteiger partial charge on any atom is 0.310 e. The SMILES string of the molecule is CCOC(=O)[C@@H]1CCCN(C(=O)c2cccc([N+](=O)[O-])c2)C1. The molecule has 2 rings (SSSR count). The number of likely N-dealkylation sites (tertiary alicyclic amines) is 1. The summed E-state index contributed by atoms with van der Waals surface area (Å²) in [6, 6.07) is 5.63. The van der Waals surface area contributed by atoms with E-state index in [1.807, 2.05) is 0 Å². The molecule has 118 valence electrons. The van der Waals surface area contributed by atoms with Gasteiger partial charge in [0, 0.05) is 30.8 Å². The summed E-state index contributed by atoms with van der Waals surface area (Å²) in [5, 5.41) is 10.8. The van der Waals surface area contributed by atoms with E-state index in [4.69, 9.17) is 4.74 Å². The molecule has 1 aromatic rings. The fourth-order valence-corrected chi connectivity index (χ4v) is 2.55. The highest BCUT2D eigenvalue weighted by Gasteiger charge is 2.30. The summed E-state index contributed by atoms with van der Waals surface area (Å²) in [6.07, 6.45) is 1.40. The number of ether oxygens (including phenoxy) is 1. The van der Waals surface area contributed by atoms with Crippen molar-refractivity contribution in [2.24, 2.45) is 5.92 Å². The number of hydrogen-bond acceptors (Lipinski definition) is 5. The molecule has 1 heterocycles. The predicted molar refractivity (Wildman–Crippen MR) is 78.4 cm³/mol. The average molecular weight is 306 g/mol. The van der Waals surface area contributed by atoms with Crippen molar-refractivity contribution in [1.82, 2.24) is 4.90 Å². The van der Waals surface area contributed by atoms with Gasteiger partial charge in [-0.3, -0.25) is 19.7 Å². The Morgan fingerprint density at radius 1 is 1.45 bits per heavy atom. The van der Waals surface area contributed by atoms with Crippen molar-refractivity contribution in [3.05, 3.63) is 39.9 Å². The highest BCUT2D eigenvalue weighted by atomic mass is 16.6. The molecule has 7 heteroatoms. The third kappa shape index (κ3) is 3.60. The average Bonchev–Trinajstić information content (AvgIpc) is 2.54. The molecule has 1 aliphatic rings. The zero-order valence-electron chi connectivity index (χ0n) is 12.4.